The van der Waals surface area contributed by atoms with E-state index in [0.717, 1.165) is 30.5 Å². The predicted octanol–water partition coefficient (Wildman–Crippen LogP) is 3.24. The van der Waals surface area contributed by atoms with Crippen LogP contribution in [0.1, 0.15) is 50.9 Å². The number of aromatic amines is 1. The molecule has 1 aromatic carbocycles. The average Bonchev–Trinajstić information content (AvgIpc) is 3.60. The van der Waals surface area contributed by atoms with Crippen molar-refractivity contribution < 1.29 is 23.9 Å². The number of allylic oxidation sites excluding steroid dienone is 1. The maximum Gasteiger partial charge on any atom is 0.404 e. The number of carbonyl (C=O) groups excluding carboxylic acids is 3. The maximum atomic E-state index is 12.8. The SMILES string of the molecule is CC(C)Cc1cccc2[nH]c(Cn3cccc(NC(=O)CCC/C=C/C(N)=O)c3=O)nc12.NC(=O)OCC1CCOC1. The van der Waals surface area contributed by atoms with Gasteiger partial charge in [0, 0.05) is 25.1 Å². The number of nitrogens with one attached hydrogen (secondary N) is 2. The van der Waals surface area contributed by atoms with Gasteiger partial charge >= 0.3 is 6.09 Å². The van der Waals surface area contributed by atoms with Gasteiger partial charge in [-0.2, -0.15) is 0 Å². The fraction of sp³-hybridized carbons (Fsp3) is 0.433. The standard InChI is InChI=1S/C24H29N5O3.C6H11NO3/c1-16(2)14-17-8-6-9-18-23(17)28-21(26-18)15-29-13-7-10-19(24(29)32)27-22(31)12-5-3-4-11-20(25)30;7-6(8)10-4-5-1-2-9-3-5/h4,6-11,13,16H,3,5,12,14-15H2,1-2H3,(H2,25,30)(H,26,28)(H,27,31);5H,1-4H2,(H2,7,8)/b11-4+;. The van der Waals surface area contributed by atoms with E-state index in [0.29, 0.717) is 43.7 Å². The lowest BCUT2D eigenvalue weighted by Crippen LogP contribution is -2.26. The van der Waals surface area contributed by atoms with Crippen molar-refractivity contribution in [1.82, 2.24) is 14.5 Å². The molecule has 6 N–H and O–H groups in total. The number of imidazole rings is 1. The van der Waals surface area contributed by atoms with Crippen LogP contribution in [0.2, 0.25) is 0 Å². The van der Waals surface area contributed by atoms with Crippen molar-refractivity contribution in [3.63, 3.8) is 0 Å². The van der Waals surface area contributed by atoms with Crippen molar-refractivity contribution in [2.24, 2.45) is 23.3 Å². The highest BCUT2D eigenvalue weighted by Crippen LogP contribution is 2.20. The normalized spacial score (nSPS) is 14.6. The minimum Gasteiger partial charge on any atom is -0.449 e. The average molecular weight is 581 g/mol. The van der Waals surface area contributed by atoms with Crippen molar-refractivity contribution >= 4 is 34.6 Å². The van der Waals surface area contributed by atoms with E-state index in [4.69, 9.17) is 21.2 Å². The number of nitrogens with zero attached hydrogens (tertiary/aromatic N) is 2. The van der Waals surface area contributed by atoms with Gasteiger partial charge in [0.2, 0.25) is 11.8 Å². The molecular formula is C30H40N6O6. The number of benzene rings is 1. The molecule has 1 unspecified atom stereocenters. The van der Waals surface area contributed by atoms with Gasteiger partial charge in [-0.15, -0.1) is 0 Å². The van der Waals surface area contributed by atoms with Gasteiger partial charge in [0.1, 0.15) is 11.5 Å². The summed E-state index contributed by atoms with van der Waals surface area (Å²) in [5.41, 5.74) is 12.8. The van der Waals surface area contributed by atoms with Crippen LogP contribution in [0.15, 0.2) is 53.5 Å². The molecular weight excluding hydrogens is 540 g/mol. The van der Waals surface area contributed by atoms with Crippen molar-refractivity contribution in [3.8, 4) is 0 Å². The first-order valence-corrected chi connectivity index (χ1v) is 14.0. The third-order valence-corrected chi connectivity index (χ3v) is 6.43. The maximum absolute atomic E-state index is 12.8. The Labute approximate surface area is 244 Å². The third kappa shape index (κ3) is 10.5. The molecule has 3 aromatic rings. The summed E-state index contributed by atoms with van der Waals surface area (Å²) in [5.74, 6) is 0.785. The lowest BCUT2D eigenvalue weighted by molar-refractivity contribution is -0.116. The van der Waals surface area contributed by atoms with Crippen LogP contribution in [-0.4, -0.2) is 52.3 Å². The Morgan fingerprint density at radius 2 is 2.05 bits per heavy atom. The summed E-state index contributed by atoms with van der Waals surface area (Å²) in [5, 5.41) is 2.67. The lowest BCUT2D eigenvalue weighted by Gasteiger charge is -2.08. The fourth-order valence-electron chi connectivity index (χ4n) is 4.45. The Balaban J connectivity index is 0.000000408. The molecule has 0 aliphatic carbocycles. The largest absolute Gasteiger partial charge is 0.449 e. The summed E-state index contributed by atoms with van der Waals surface area (Å²) < 4.78 is 11.2. The lowest BCUT2D eigenvalue weighted by atomic mass is 10.0. The van der Waals surface area contributed by atoms with Crippen molar-refractivity contribution in [2.45, 2.75) is 52.5 Å². The number of aromatic nitrogens is 3. The molecule has 0 radical (unpaired) electrons. The summed E-state index contributed by atoms with van der Waals surface area (Å²) in [6.45, 7) is 6.47. The number of unbranched alkanes of at least 4 members (excludes halogenated alkanes) is 1. The topological polar surface area (TPSA) is 184 Å². The van der Waals surface area contributed by atoms with Gasteiger partial charge in [-0.05, 0) is 61.4 Å². The monoisotopic (exact) mass is 580 g/mol. The zero-order valence-electron chi connectivity index (χ0n) is 24.1. The van der Waals surface area contributed by atoms with Crippen molar-refractivity contribution in [3.05, 3.63) is 70.4 Å². The van der Waals surface area contributed by atoms with E-state index in [1.165, 1.54) is 16.2 Å². The molecule has 0 saturated carbocycles. The molecule has 42 heavy (non-hydrogen) atoms. The van der Waals surface area contributed by atoms with E-state index in [9.17, 15) is 19.2 Å². The fourth-order valence-corrected chi connectivity index (χ4v) is 4.45. The minimum atomic E-state index is -0.702. The van der Waals surface area contributed by atoms with E-state index in [1.54, 1.807) is 24.4 Å². The number of ether oxygens (including phenoxy) is 2. The van der Waals surface area contributed by atoms with E-state index < -0.39 is 12.0 Å². The van der Waals surface area contributed by atoms with Gasteiger partial charge < -0.3 is 35.8 Å². The second-order valence-corrected chi connectivity index (χ2v) is 10.6. The summed E-state index contributed by atoms with van der Waals surface area (Å²) >= 11 is 0. The van der Waals surface area contributed by atoms with Gasteiger partial charge in [-0.3, -0.25) is 14.4 Å². The Bertz CT molecular complexity index is 1440. The van der Waals surface area contributed by atoms with E-state index >= 15 is 0 Å². The Hall–Kier alpha value is -4.45. The summed E-state index contributed by atoms with van der Waals surface area (Å²) in [6.07, 6.45) is 7.12. The van der Waals surface area contributed by atoms with Gasteiger partial charge in [0.25, 0.3) is 5.56 Å². The molecule has 1 saturated heterocycles. The minimum absolute atomic E-state index is 0.224. The number of H-pyrrole nitrogens is 1. The van der Waals surface area contributed by atoms with Crippen LogP contribution in [0.5, 0.6) is 0 Å². The Kier molecular flexibility index (Phi) is 12.3. The van der Waals surface area contributed by atoms with Crippen molar-refractivity contribution in [2.75, 3.05) is 25.1 Å². The number of carbonyl (C=O) groups is 3. The van der Waals surface area contributed by atoms with Crippen LogP contribution in [0, 0.1) is 11.8 Å². The number of nitrogens with two attached hydrogens (primary N) is 2. The molecule has 1 fully saturated rings. The number of fused-ring (bicyclic) bond motifs is 1. The number of anilines is 1. The number of primary amides is 2. The first kappa shape index (κ1) is 32.1. The van der Waals surface area contributed by atoms with E-state index in [-0.39, 0.29) is 30.1 Å². The molecule has 1 atom stereocenters. The molecule has 0 spiro atoms. The molecule has 3 amide bonds. The van der Waals surface area contributed by atoms with Gasteiger partial charge in [0.15, 0.2) is 0 Å². The van der Waals surface area contributed by atoms with Gasteiger partial charge in [0.05, 0.1) is 30.8 Å². The second kappa shape index (κ2) is 16.1. The zero-order chi connectivity index (χ0) is 30.5. The molecule has 3 heterocycles. The number of hydrogen-bond acceptors (Lipinski definition) is 7. The molecule has 226 valence electrons. The zero-order valence-corrected chi connectivity index (χ0v) is 24.1. The van der Waals surface area contributed by atoms with Gasteiger partial charge in [-0.25, -0.2) is 9.78 Å². The molecule has 1 aliphatic rings. The quantitative estimate of drug-likeness (QED) is 0.187. The molecule has 12 heteroatoms. The van der Waals surface area contributed by atoms with Gasteiger partial charge in [-0.1, -0.05) is 32.1 Å². The summed E-state index contributed by atoms with van der Waals surface area (Å²) in [6, 6.07) is 9.38. The predicted molar refractivity (Wildman–Crippen MR) is 160 cm³/mol. The number of amides is 3. The van der Waals surface area contributed by atoms with Crippen LogP contribution < -0.4 is 22.3 Å². The molecule has 1 aliphatic heterocycles. The third-order valence-electron chi connectivity index (χ3n) is 6.43. The molecule has 2 aromatic heterocycles. The van der Waals surface area contributed by atoms with Crippen LogP contribution in [0.25, 0.3) is 11.0 Å². The first-order valence-electron chi connectivity index (χ1n) is 14.0. The second-order valence-electron chi connectivity index (χ2n) is 10.6. The molecule has 0 bridgehead atoms. The molecule has 4 rings (SSSR count). The highest BCUT2D eigenvalue weighted by Gasteiger charge is 2.16. The smallest absolute Gasteiger partial charge is 0.404 e. The van der Waals surface area contributed by atoms with E-state index in [1.807, 2.05) is 12.1 Å². The van der Waals surface area contributed by atoms with Crippen LogP contribution in [-0.2, 0) is 32.0 Å². The van der Waals surface area contributed by atoms with Crippen LogP contribution in [0.3, 0.4) is 0 Å². The Morgan fingerprint density at radius 3 is 2.74 bits per heavy atom. The molecule has 12 nitrogen and oxygen atoms in total. The first-order chi connectivity index (χ1) is 20.1. The van der Waals surface area contributed by atoms with Crippen LogP contribution >= 0.6 is 0 Å². The van der Waals surface area contributed by atoms with E-state index in [2.05, 4.69) is 35.0 Å². The highest BCUT2D eigenvalue weighted by molar-refractivity contribution is 5.90. The number of rotatable bonds is 12. The number of pyridine rings is 1. The Morgan fingerprint density at radius 1 is 1.24 bits per heavy atom. The number of hydrogen-bond donors (Lipinski definition) is 4. The highest BCUT2D eigenvalue weighted by atomic mass is 16.5. The number of para-hydroxylation sites is 1. The van der Waals surface area contributed by atoms with Crippen LogP contribution in [0.4, 0.5) is 10.5 Å². The van der Waals surface area contributed by atoms with Crippen molar-refractivity contribution in [1.29, 1.82) is 0 Å². The summed E-state index contributed by atoms with van der Waals surface area (Å²) in [7, 11) is 0. The summed E-state index contributed by atoms with van der Waals surface area (Å²) in [4.78, 5) is 53.8.